The van der Waals surface area contributed by atoms with E-state index in [4.69, 9.17) is 20.4 Å². The molecule has 3 aromatic rings. The van der Waals surface area contributed by atoms with Crippen molar-refractivity contribution in [1.82, 2.24) is 9.78 Å². The van der Waals surface area contributed by atoms with Crippen LogP contribution in [0.2, 0.25) is 4.34 Å². The van der Waals surface area contributed by atoms with Crippen LogP contribution in [0.3, 0.4) is 0 Å². The fourth-order valence-electron chi connectivity index (χ4n) is 1.49. The van der Waals surface area contributed by atoms with Gasteiger partial charge in [-0.05, 0) is 24.3 Å². The summed E-state index contributed by atoms with van der Waals surface area (Å²) in [6, 6.07) is 7.01. The van der Waals surface area contributed by atoms with Crippen molar-refractivity contribution in [2.75, 3.05) is 0 Å². The summed E-state index contributed by atoms with van der Waals surface area (Å²) in [6.45, 7) is 0.334. The van der Waals surface area contributed by atoms with Gasteiger partial charge in [-0.15, -0.1) is 16.4 Å². The lowest BCUT2D eigenvalue weighted by Gasteiger charge is -1.93. The van der Waals surface area contributed by atoms with Gasteiger partial charge in [-0.2, -0.15) is 4.68 Å². The molecule has 0 saturated heterocycles. The Morgan fingerprint density at radius 2 is 2.28 bits per heavy atom. The molecule has 3 aromatic heterocycles. The van der Waals surface area contributed by atoms with Gasteiger partial charge in [0.1, 0.15) is 0 Å². The molecule has 7 heteroatoms. The van der Waals surface area contributed by atoms with Gasteiger partial charge in [-0.25, -0.2) is 4.79 Å². The van der Waals surface area contributed by atoms with E-state index in [-0.39, 0.29) is 5.89 Å². The van der Waals surface area contributed by atoms with Crippen LogP contribution in [0.4, 0.5) is 0 Å². The van der Waals surface area contributed by atoms with Crippen LogP contribution in [0.5, 0.6) is 0 Å². The minimum Gasteiger partial charge on any atom is -0.459 e. The second-order valence-corrected chi connectivity index (χ2v) is 5.31. The van der Waals surface area contributed by atoms with E-state index in [1.165, 1.54) is 22.3 Å². The van der Waals surface area contributed by atoms with Crippen molar-refractivity contribution in [2.45, 2.75) is 6.54 Å². The second-order valence-electron chi connectivity index (χ2n) is 3.51. The maximum absolute atomic E-state index is 11.6. The van der Waals surface area contributed by atoms with Crippen molar-refractivity contribution >= 4 is 22.9 Å². The number of rotatable bonds is 3. The largest absolute Gasteiger partial charge is 0.459 e. The van der Waals surface area contributed by atoms with Crippen molar-refractivity contribution in [2.24, 2.45) is 0 Å². The highest BCUT2D eigenvalue weighted by Crippen LogP contribution is 2.22. The zero-order chi connectivity index (χ0) is 12.5. The molecule has 0 radical (unpaired) electrons. The lowest BCUT2D eigenvalue weighted by molar-refractivity contribution is 0.477. The average Bonchev–Trinajstić information content (AvgIpc) is 3.02. The normalized spacial score (nSPS) is 10.9. The third-order valence-corrected chi connectivity index (χ3v) is 3.49. The summed E-state index contributed by atoms with van der Waals surface area (Å²) in [5, 5.41) is 4.06. The molecule has 0 spiro atoms. The van der Waals surface area contributed by atoms with Crippen molar-refractivity contribution in [3.8, 4) is 11.7 Å². The predicted molar refractivity (Wildman–Crippen MR) is 66.9 cm³/mol. The van der Waals surface area contributed by atoms with Crippen LogP contribution in [0.25, 0.3) is 11.7 Å². The highest BCUT2D eigenvalue weighted by molar-refractivity contribution is 7.16. The minimum atomic E-state index is -0.522. The number of thiophene rings is 1. The highest BCUT2D eigenvalue weighted by Gasteiger charge is 2.13. The van der Waals surface area contributed by atoms with Crippen LogP contribution < -0.4 is 5.76 Å². The first-order valence-electron chi connectivity index (χ1n) is 5.08. The number of furan rings is 1. The summed E-state index contributed by atoms with van der Waals surface area (Å²) < 4.78 is 12.0. The molecule has 0 aliphatic heterocycles. The standard InChI is InChI=1S/C11H7ClN2O3S/c12-9-4-3-7(18-9)6-14-11(15)17-10(13-14)8-2-1-5-16-8/h1-5H,6H2. The van der Waals surface area contributed by atoms with Crippen molar-refractivity contribution in [3.63, 3.8) is 0 Å². The summed E-state index contributed by atoms with van der Waals surface area (Å²) in [5.74, 6) is 0.0774. The molecule has 18 heavy (non-hydrogen) atoms. The molecule has 0 atom stereocenters. The Morgan fingerprint density at radius 1 is 1.39 bits per heavy atom. The number of hydrogen-bond donors (Lipinski definition) is 0. The summed E-state index contributed by atoms with van der Waals surface area (Å²) in [5.41, 5.74) is 0. The zero-order valence-electron chi connectivity index (χ0n) is 9.00. The maximum atomic E-state index is 11.6. The van der Waals surface area contributed by atoms with Gasteiger partial charge >= 0.3 is 5.76 Å². The Hall–Kier alpha value is -1.79. The third-order valence-electron chi connectivity index (χ3n) is 2.27. The summed E-state index contributed by atoms with van der Waals surface area (Å²) in [7, 11) is 0. The minimum absolute atomic E-state index is 0.174. The molecule has 92 valence electrons. The fourth-order valence-corrected chi connectivity index (χ4v) is 2.56. The molecule has 3 rings (SSSR count). The van der Waals surface area contributed by atoms with E-state index in [2.05, 4.69) is 5.10 Å². The molecule has 3 heterocycles. The Balaban J connectivity index is 1.92. The number of hydrogen-bond acceptors (Lipinski definition) is 5. The first-order valence-corrected chi connectivity index (χ1v) is 6.28. The average molecular weight is 283 g/mol. The SMILES string of the molecule is O=c1oc(-c2ccco2)nn1Cc1ccc(Cl)s1. The van der Waals surface area contributed by atoms with Crippen molar-refractivity contribution < 1.29 is 8.83 Å². The Labute approximate surface area is 110 Å². The van der Waals surface area contributed by atoms with E-state index < -0.39 is 5.76 Å². The molecule has 0 N–H and O–H groups in total. The molecule has 5 nitrogen and oxygen atoms in total. The van der Waals surface area contributed by atoms with Gasteiger partial charge in [0.25, 0.3) is 5.89 Å². The van der Waals surface area contributed by atoms with Crippen LogP contribution >= 0.6 is 22.9 Å². The summed E-state index contributed by atoms with van der Waals surface area (Å²) in [4.78, 5) is 12.5. The summed E-state index contributed by atoms with van der Waals surface area (Å²) >= 11 is 7.22. The van der Waals surface area contributed by atoms with E-state index >= 15 is 0 Å². The molecule has 0 saturated carbocycles. The molecule has 0 aromatic carbocycles. The van der Waals surface area contributed by atoms with Crippen LogP contribution in [0.15, 0.2) is 44.2 Å². The molecular weight excluding hydrogens is 276 g/mol. The Kier molecular flexibility index (Phi) is 2.81. The van der Waals surface area contributed by atoms with E-state index in [9.17, 15) is 4.79 Å². The van der Waals surface area contributed by atoms with Crippen LogP contribution in [0, 0.1) is 0 Å². The van der Waals surface area contributed by atoms with Crippen molar-refractivity contribution in [3.05, 3.63) is 50.3 Å². The highest BCUT2D eigenvalue weighted by atomic mass is 35.5. The van der Waals surface area contributed by atoms with Gasteiger partial charge in [0.15, 0.2) is 5.76 Å². The lowest BCUT2D eigenvalue weighted by atomic mass is 10.4. The predicted octanol–water partition coefficient (Wildman–Crippen LogP) is 2.86. The van der Waals surface area contributed by atoms with Crippen LogP contribution in [-0.2, 0) is 6.54 Å². The van der Waals surface area contributed by atoms with E-state index in [0.717, 1.165) is 4.88 Å². The van der Waals surface area contributed by atoms with E-state index in [1.807, 2.05) is 6.07 Å². The van der Waals surface area contributed by atoms with E-state index in [1.54, 1.807) is 18.2 Å². The Bertz CT molecular complexity index is 711. The van der Waals surface area contributed by atoms with Gasteiger partial charge in [-0.3, -0.25) is 0 Å². The van der Waals surface area contributed by atoms with Gasteiger partial charge in [0.2, 0.25) is 0 Å². The molecule has 0 aliphatic carbocycles. The molecule has 0 bridgehead atoms. The molecule has 0 unspecified atom stereocenters. The lowest BCUT2D eigenvalue weighted by Crippen LogP contribution is -2.15. The van der Waals surface area contributed by atoms with Gasteiger partial charge in [-0.1, -0.05) is 11.6 Å². The first-order chi connectivity index (χ1) is 8.72. The van der Waals surface area contributed by atoms with Crippen LogP contribution in [-0.4, -0.2) is 9.78 Å². The fraction of sp³-hybridized carbons (Fsp3) is 0.0909. The molecule has 0 amide bonds. The number of nitrogens with zero attached hydrogens (tertiary/aromatic N) is 2. The van der Waals surface area contributed by atoms with Gasteiger partial charge in [0.05, 0.1) is 17.1 Å². The molecule has 0 aliphatic rings. The Morgan fingerprint density at radius 3 is 2.94 bits per heavy atom. The molecule has 0 fully saturated rings. The quantitative estimate of drug-likeness (QED) is 0.741. The summed E-state index contributed by atoms with van der Waals surface area (Å²) in [6.07, 6.45) is 1.49. The topological polar surface area (TPSA) is 61.2 Å². The van der Waals surface area contributed by atoms with Crippen LogP contribution in [0.1, 0.15) is 4.88 Å². The van der Waals surface area contributed by atoms with E-state index in [0.29, 0.717) is 16.6 Å². The first kappa shape index (κ1) is 11.3. The monoisotopic (exact) mass is 282 g/mol. The number of aromatic nitrogens is 2. The second kappa shape index (κ2) is 4.47. The zero-order valence-corrected chi connectivity index (χ0v) is 10.6. The maximum Gasteiger partial charge on any atom is 0.437 e. The van der Waals surface area contributed by atoms with Crippen molar-refractivity contribution in [1.29, 1.82) is 0 Å². The molecular formula is C11H7ClN2O3S. The number of halogens is 1. The smallest absolute Gasteiger partial charge is 0.437 e. The third kappa shape index (κ3) is 2.12. The van der Waals surface area contributed by atoms with Gasteiger partial charge < -0.3 is 8.83 Å². The van der Waals surface area contributed by atoms with Gasteiger partial charge in [0, 0.05) is 4.88 Å².